The number of aromatic nitrogens is 2. The molecule has 1 aromatic rings. The molecule has 1 unspecified atom stereocenters. The van der Waals surface area contributed by atoms with E-state index in [9.17, 15) is 9.90 Å². The highest BCUT2D eigenvalue weighted by Gasteiger charge is 2.26. The van der Waals surface area contributed by atoms with Gasteiger partial charge in [-0.25, -0.2) is 9.97 Å². The summed E-state index contributed by atoms with van der Waals surface area (Å²) >= 11 is 5.55. The Morgan fingerprint density at radius 3 is 2.56 bits per heavy atom. The molecule has 1 atom stereocenters. The molecule has 0 aliphatic carbocycles. The number of aliphatic hydroxyl groups is 1. The Labute approximate surface area is 98.9 Å². The molecule has 16 heavy (non-hydrogen) atoms. The quantitative estimate of drug-likeness (QED) is 0.831. The van der Waals surface area contributed by atoms with Crippen molar-refractivity contribution in [2.45, 2.75) is 32.4 Å². The van der Waals surface area contributed by atoms with Crippen LogP contribution in [0.1, 0.15) is 31.3 Å². The first-order valence-electron chi connectivity index (χ1n) is 4.81. The van der Waals surface area contributed by atoms with E-state index in [0.717, 1.165) is 0 Å². The summed E-state index contributed by atoms with van der Waals surface area (Å²) in [6.07, 6.45) is 1.92. The minimum atomic E-state index is -0.724. The Bertz CT molecular complexity index is 376. The van der Waals surface area contributed by atoms with Gasteiger partial charge in [0.05, 0.1) is 24.0 Å². The third-order valence-electron chi connectivity index (χ3n) is 2.33. The molecule has 6 heteroatoms. The lowest BCUT2D eigenvalue weighted by Crippen LogP contribution is -2.51. The Kier molecular flexibility index (Phi) is 3.83. The van der Waals surface area contributed by atoms with Gasteiger partial charge in [0.15, 0.2) is 0 Å². The molecular formula is C10H14ClN3O2. The van der Waals surface area contributed by atoms with E-state index >= 15 is 0 Å². The zero-order valence-electron chi connectivity index (χ0n) is 9.36. The number of halogens is 1. The van der Waals surface area contributed by atoms with Crippen LogP contribution in [0.5, 0.6) is 0 Å². The van der Waals surface area contributed by atoms with E-state index in [-0.39, 0.29) is 10.8 Å². The van der Waals surface area contributed by atoms with Gasteiger partial charge in [0.25, 0.3) is 5.91 Å². The second kappa shape index (κ2) is 4.76. The van der Waals surface area contributed by atoms with Crippen molar-refractivity contribution < 1.29 is 9.90 Å². The van der Waals surface area contributed by atoms with Crippen molar-refractivity contribution in [1.82, 2.24) is 15.3 Å². The average molecular weight is 244 g/mol. The maximum atomic E-state index is 11.7. The van der Waals surface area contributed by atoms with Gasteiger partial charge in [0.2, 0.25) is 0 Å². The Morgan fingerprint density at radius 2 is 2.12 bits per heavy atom. The summed E-state index contributed by atoms with van der Waals surface area (Å²) < 4.78 is 0. The second-order valence-corrected chi connectivity index (χ2v) is 4.46. The van der Waals surface area contributed by atoms with Crippen LogP contribution in [-0.2, 0) is 0 Å². The molecule has 0 fully saturated rings. The van der Waals surface area contributed by atoms with Crippen molar-refractivity contribution in [3.05, 3.63) is 23.2 Å². The molecule has 0 bridgehead atoms. The zero-order valence-corrected chi connectivity index (χ0v) is 10.1. The molecule has 2 N–H and O–H groups in total. The number of carbonyl (C=O) groups is 1. The fraction of sp³-hybridized carbons (Fsp3) is 0.500. The van der Waals surface area contributed by atoms with Crippen molar-refractivity contribution in [3.63, 3.8) is 0 Å². The number of hydrogen-bond donors (Lipinski definition) is 2. The maximum absolute atomic E-state index is 11.7. The lowest BCUT2D eigenvalue weighted by atomic mass is 9.99. The highest BCUT2D eigenvalue weighted by atomic mass is 35.5. The third-order valence-corrected chi connectivity index (χ3v) is 2.53. The van der Waals surface area contributed by atoms with Gasteiger partial charge in [-0.1, -0.05) is 11.6 Å². The molecule has 0 aliphatic heterocycles. The van der Waals surface area contributed by atoms with Crippen molar-refractivity contribution in [2.24, 2.45) is 0 Å². The standard InChI is InChI=1S/C10H14ClN3O2/c1-6(15)10(2,3)14-9(16)7-4-13-8(11)5-12-7/h4-6,15H,1-3H3,(H,14,16). The van der Waals surface area contributed by atoms with Crippen molar-refractivity contribution in [1.29, 1.82) is 0 Å². The number of amides is 1. The number of nitrogens with one attached hydrogen (secondary N) is 1. The fourth-order valence-corrected chi connectivity index (χ4v) is 0.988. The van der Waals surface area contributed by atoms with Crippen LogP contribution in [0.3, 0.4) is 0 Å². The topological polar surface area (TPSA) is 75.1 Å². The van der Waals surface area contributed by atoms with Crippen LogP contribution in [0.15, 0.2) is 12.4 Å². The van der Waals surface area contributed by atoms with Gasteiger partial charge >= 0.3 is 0 Å². The Hall–Kier alpha value is -1.20. The van der Waals surface area contributed by atoms with Gasteiger partial charge in [-0.05, 0) is 20.8 Å². The van der Waals surface area contributed by atoms with Gasteiger partial charge in [-0.2, -0.15) is 0 Å². The largest absolute Gasteiger partial charge is 0.391 e. The first kappa shape index (κ1) is 12.9. The van der Waals surface area contributed by atoms with E-state index in [1.54, 1.807) is 20.8 Å². The molecule has 1 amide bonds. The van der Waals surface area contributed by atoms with Crippen LogP contribution in [0, 0.1) is 0 Å². The molecular weight excluding hydrogens is 230 g/mol. The zero-order chi connectivity index (χ0) is 12.3. The summed E-state index contributed by atoms with van der Waals surface area (Å²) in [6.45, 7) is 5.05. The molecule has 1 aromatic heterocycles. The highest BCUT2D eigenvalue weighted by molar-refractivity contribution is 6.29. The van der Waals surface area contributed by atoms with Crippen LogP contribution in [0.4, 0.5) is 0 Å². The number of aliphatic hydroxyl groups excluding tert-OH is 1. The van der Waals surface area contributed by atoms with Crippen LogP contribution in [-0.4, -0.2) is 32.6 Å². The van der Waals surface area contributed by atoms with Gasteiger partial charge in [0.1, 0.15) is 10.8 Å². The van der Waals surface area contributed by atoms with E-state index in [1.165, 1.54) is 12.4 Å². The molecule has 0 spiro atoms. The van der Waals surface area contributed by atoms with E-state index in [4.69, 9.17) is 11.6 Å². The van der Waals surface area contributed by atoms with Gasteiger partial charge in [-0.3, -0.25) is 4.79 Å². The maximum Gasteiger partial charge on any atom is 0.271 e. The van der Waals surface area contributed by atoms with Crippen LogP contribution in [0.2, 0.25) is 5.15 Å². The van der Waals surface area contributed by atoms with Crippen LogP contribution in [0.25, 0.3) is 0 Å². The number of rotatable bonds is 3. The summed E-state index contributed by atoms with van der Waals surface area (Å²) in [4.78, 5) is 19.3. The van der Waals surface area contributed by atoms with E-state index in [1.807, 2.05) is 0 Å². The van der Waals surface area contributed by atoms with Crippen molar-refractivity contribution in [3.8, 4) is 0 Å². The minimum Gasteiger partial charge on any atom is -0.391 e. The number of nitrogens with zero attached hydrogens (tertiary/aromatic N) is 2. The lowest BCUT2D eigenvalue weighted by molar-refractivity contribution is 0.0705. The molecule has 1 rings (SSSR count). The van der Waals surface area contributed by atoms with Gasteiger partial charge in [-0.15, -0.1) is 0 Å². The molecule has 0 saturated carbocycles. The summed E-state index contributed by atoms with van der Waals surface area (Å²) in [6, 6.07) is 0. The Balaban J connectivity index is 2.77. The van der Waals surface area contributed by atoms with Crippen molar-refractivity contribution in [2.75, 3.05) is 0 Å². The summed E-state index contributed by atoms with van der Waals surface area (Å²) in [5.74, 6) is -0.393. The first-order valence-corrected chi connectivity index (χ1v) is 5.19. The summed E-state index contributed by atoms with van der Waals surface area (Å²) in [5, 5.41) is 12.3. The Morgan fingerprint density at radius 1 is 1.50 bits per heavy atom. The molecule has 0 aliphatic rings. The predicted molar refractivity (Wildman–Crippen MR) is 60.3 cm³/mol. The molecule has 1 heterocycles. The number of hydrogen-bond acceptors (Lipinski definition) is 4. The molecule has 0 radical (unpaired) electrons. The van der Waals surface area contributed by atoms with Crippen LogP contribution >= 0.6 is 11.6 Å². The fourth-order valence-electron chi connectivity index (χ4n) is 0.891. The lowest BCUT2D eigenvalue weighted by Gasteiger charge is -2.28. The molecule has 0 aromatic carbocycles. The van der Waals surface area contributed by atoms with Crippen LogP contribution < -0.4 is 5.32 Å². The SMILES string of the molecule is CC(O)C(C)(C)NC(=O)c1cnc(Cl)cn1. The number of carbonyl (C=O) groups excluding carboxylic acids is 1. The molecule has 0 saturated heterocycles. The van der Waals surface area contributed by atoms with E-state index in [0.29, 0.717) is 0 Å². The average Bonchev–Trinajstić information content (AvgIpc) is 2.17. The van der Waals surface area contributed by atoms with E-state index < -0.39 is 17.6 Å². The molecule has 88 valence electrons. The minimum absolute atomic E-state index is 0.165. The highest BCUT2D eigenvalue weighted by Crippen LogP contribution is 2.09. The smallest absolute Gasteiger partial charge is 0.271 e. The monoisotopic (exact) mass is 243 g/mol. The predicted octanol–water partition coefficient (Wildman–Crippen LogP) is 1.02. The summed E-state index contributed by atoms with van der Waals surface area (Å²) in [7, 11) is 0. The van der Waals surface area contributed by atoms with Gasteiger partial charge in [0, 0.05) is 0 Å². The first-order chi connectivity index (χ1) is 7.33. The molecule has 5 nitrogen and oxygen atoms in total. The summed E-state index contributed by atoms with van der Waals surface area (Å²) in [5.41, 5.74) is -0.559. The van der Waals surface area contributed by atoms with Crippen molar-refractivity contribution >= 4 is 17.5 Å². The third kappa shape index (κ3) is 3.15. The van der Waals surface area contributed by atoms with Gasteiger partial charge < -0.3 is 10.4 Å². The second-order valence-electron chi connectivity index (χ2n) is 4.08. The van der Waals surface area contributed by atoms with E-state index in [2.05, 4.69) is 15.3 Å². The normalized spacial score (nSPS) is 13.3.